The van der Waals surface area contributed by atoms with E-state index in [9.17, 15) is 4.79 Å². The number of carbonyl (C=O) groups is 1. The second-order valence-electron chi connectivity index (χ2n) is 8.91. The van der Waals surface area contributed by atoms with Crippen LogP contribution in [-0.2, 0) is 6.54 Å². The highest BCUT2D eigenvalue weighted by Crippen LogP contribution is 2.40. The lowest BCUT2D eigenvalue weighted by molar-refractivity contribution is 0.0619. The Morgan fingerprint density at radius 2 is 1.87 bits per heavy atom. The fourth-order valence-electron chi connectivity index (χ4n) is 4.10. The minimum atomic E-state index is -0.331. The van der Waals surface area contributed by atoms with Gasteiger partial charge in [0.1, 0.15) is 11.4 Å². The highest BCUT2D eigenvalue weighted by Gasteiger charge is 2.34. The van der Waals surface area contributed by atoms with E-state index in [2.05, 4.69) is 49.4 Å². The van der Waals surface area contributed by atoms with E-state index in [1.54, 1.807) is 0 Å². The molecule has 2 heterocycles. The van der Waals surface area contributed by atoms with E-state index in [-0.39, 0.29) is 17.6 Å². The number of aromatic nitrogens is 2. The second-order valence-corrected chi connectivity index (χ2v) is 8.91. The average molecular weight is 404 g/mol. The molecule has 156 valence electrons. The molecule has 1 amide bonds. The third-order valence-corrected chi connectivity index (χ3v) is 5.58. The van der Waals surface area contributed by atoms with Gasteiger partial charge in [-0.2, -0.15) is 5.10 Å². The lowest BCUT2D eigenvalue weighted by Crippen LogP contribution is -2.41. The van der Waals surface area contributed by atoms with Crippen LogP contribution in [0.5, 0.6) is 5.75 Å². The second kappa shape index (κ2) is 7.63. The zero-order valence-corrected chi connectivity index (χ0v) is 18.3. The fraction of sp³-hybridized carbons (Fsp3) is 0.360. The molecule has 5 nitrogen and oxygen atoms in total. The molecule has 1 unspecified atom stereocenters. The molecule has 1 aliphatic rings. The number of aryl methyl sites for hydroxylation is 3. The number of hydrogen-bond donors (Lipinski definition) is 1. The molecule has 30 heavy (non-hydrogen) atoms. The van der Waals surface area contributed by atoms with Gasteiger partial charge in [-0.1, -0.05) is 24.3 Å². The highest BCUT2D eigenvalue weighted by molar-refractivity contribution is 5.94. The Bertz CT molecular complexity index is 1080. The topological polar surface area (TPSA) is 56.1 Å². The molecule has 5 heteroatoms. The smallest absolute Gasteiger partial charge is 0.251 e. The molecule has 0 spiro atoms. The number of carbonyl (C=O) groups excluding carboxylic acids is 1. The molecule has 1 N–H and O–H groups in total. The van der Waals surface area contributed by atoms with Crippen LogP contribution in [0.3, 0.4) is 0 Å². The Balaban J connectivity index is 1.49. The molecule has 0 radical (unpaired) electrons. The number of nitrogens with zero attached hydrogens (tertiary/aromatic N) is 2. The van der Waals surface area contributed by atoms with Gasteiger partial charge in [0, 0.05) is 23.2 Å². The zero-order valence-electron chi connectivity index (χ0n) is 18.3. The first kappa shape index (κ1) is 20.2. The first-order chi connectivity index (χ1) is 14.2. The monoisotopic (exact) mass is 403 g/mol. The predicted octanol–water partition coefficient (Wildman–Crippen LogP) is 4.89. The molecule has 2 aromatic carbocycles. The summed E-state index contributed by atoms with van der Waals surface area (Å²) in [5.41, 5.74) is 5.77. The summed E-state index contributed by atoms with van der Waals surface area (Å²) in [6.07, 6.45) is 0.727. The van der Waals surface area contributed by atoms with Crippen molar-refractivity contribution in [2.75, 3.05) is 0 Å². The molecular formula is C25H29N3O2. The van der Waals surface area contributed by atoms with Gasteiger partial charge < -0.3 is 10.1 Å². The molecule has 0 bridgehead atoms. The van der Waals surface area contributed by atoms with Gasteiger partial charge in [-0.3, -0.25) is 9.48 Å². The Morgan fingerprint density at radius 3 is 2.53 bits per heavy atom. The van der Waals surface area contributed by atoms with Gasteiger partial charge in [0.05, 0.1) is 18.3 Å². The fourth-order valence-corrected chi connectivity index (χ4v) is 4.10. The number of nitrogens with one attached hydrogen (secondary N) is 1. The summed E-state index contributed by atoms with van der Waals surface area (Å²) in [7, 11) is 0. The van der Waals surface area contributed by atoms with Crippen LogP contribution in [0.15, 0.2) is 48.5 Å². The number of hydrogen-bond acceptors (Lipinski definition) is 3. The Kier molecular flexibility index (Phi) is 5.14. The van der Waals surface area contributed by atoms with Crippen LogP contribution in [0, 0.1) is 20.8 Å². The number of benzene rings is 2. The molecule has 0 saturated carbocycles. The van der Waals surface area contributed by atoms with E-state index in [4.69, 9.17) is 4.74 Å². The normalized spacial score (nSPS) is 17.2. The summed E-state index contributed by atoms with van der Waals surface area (Å²) < 4.78 is 8.12. The van der Waals surface area contributed by atoms with Crippen LogP contribution in [0.4, 0.5) is 0 Å². The SMILES string of the molecule is Cc1ccc2c(c1)OC(C)(C)CC2NC(=O)c1ccc(Cn2nc(C)cc2C)cc1. The van der Waals surface area contributed by atoms with Crippen molar-refractivity contribution in [2.24, 2.45) is 0 Å². The quantitative estimate of drug-likeness (QED) is 0.675. The van der Waals surface area contributed by atoms with E-state index < -0.39 is 0 Å². The van der Waals surface area contributed by atoms with Crippen LogP contribution < -0.4 is 10.1 Å². The standard InChI is InChI=1S/C25H29N3O2/c1-16-6-11-21-22(14-25(4,5)30-23(21)12-16)26-24(29)20-9-7-19(8-10-20)15-28-18(3)13-17(2)27-28/h6-13,22H,14-15H2,1-5H3,(H,26,29). The molecular weight excluding hydrogens is 374 g/mol. The lowest BCUT2D eigenvalue weighted by Gasteiger charge is -2.38. The summed E-state index contributed by atoms with van der Waals surface area (Å²) in [5, 5.41) is 7.72. The summed E-state index contributed by atoms with van der Waals surface area (Å²) in [4.78, 5) is 13.0. The van der Waals surface area contributed by atoms with Crippen LogP contribution in [0.2, 0.25) is 0 Å². The zero-order chi connectivity index (χ0) is 21.5. The van der Waals surface area contributed by atoms with Gasteiger partial charge in [0.25, 0.3) is 5.91 Å². The summed E-state index contributed by atoms with van der Waals surface area (Å²) in [6.45, 7) is 10.9. The number of rotatable bonds is 4. The third-order valence-electron chi connectivity index (χ3n) is 5.58. The average Bonchev–Trinajstić information content (AvgIpc) is 2.97. The predicted molar refractivity (Wildman–Crippen MR) is 118 cm³/mol. The van der Waals surface area contributed by atoms with Crippen molar-refractivity contribution in [3.8, 4) is 5.75 Å². The van der Waals surface area contributed by atoms with Gasteiger partial charge in [0.15, 0.2) is 0 Å². The van der Waals surface area contributed by atoms with E-state index >= 15 is 0 Å². The number of ether oxygens (including phenoxy) is 1. The van der Waals surface area contributed by atoms with Crippen molar-refractivity contribution in [1.82, 2.24) is 15.1 Å². The van der Waals surface area contributed by atoms with Crippen molar-refractivity contribution in [1.29, 1.82) is 0 Å². The van der Waals surface area contributed by atoms with E-state index in [0.29, 0.717) is 12.1 Å². The Morgan fingerprint density at radius 1 is 1.13 bits per heavy atom. The van der Waals surface area contributed by atoms with E-state index in [1.165, 1.54) is 0 Å². The molecule has 0 aliphatic carbocycles. The maximum Gasteiger partial charge on any atom is 0.251 e. The largest absolute Gasteiger partial charge is 0.487 e. The van der Waals surface area contributed by atoms with Crippen molar-refractivity contribution in [2.45, 2.75) is 59.2 Å². The van der Waals surface area contributed by atoms with Crippen molar-refractivity contribution >= 4 is 5.91 Å². The van der Waals surface area contributed by atoms with Gasteiger partial charge in [-0.05, 0) is 70.0 Å². The van der Waals surface area contributed by atoms with Crippen molar-refractivity contribution in [3.05, 3.63) is 82.2 Å². The summed E-state index contributed by atoms with van der Waals surface area (Å²) >= 11 is 0. The molecule has 0 fully saturated rings. The molecule has 1 aromatic heterocycles. The van der Waals surface area contributed by atoms with Crippen LogP contribution in [-0.4, -0.2) is 21.3 Å². The van der Waals surface area contributed by atoms with Crippen molar-refractivity contribution in [3.63, 3.8) is 0 Å². The molecule has 4 rings (SSSR count). The van der Waals surface area contributed by atoms with E-state index in [0.717, 1.165) is 40.2 Å². The van der Waals surface area contributed by atoms with Crippen LogP contribution in [0.25, 0.3) is 0 Å². The molecule has 0 saturated heterocycles. The maximum absolute atomic E-state index is 13.0. The van der Waals surface area contributed by atoms with Gasteiger partial charge >= 0.3 is 0 Å². The third kappa shape index (κ3) is 4.25. The first-order valence-corrected chi connectivity index (χ1v) is 10.4. The maximum atomic E-state index is 13.0. The van der Waals surface area contributed by atoms with Gasteiger partial charge in [-0.25, -0.2) is 0 Å². The van der Waals surface area contributed by atoms with Crippen LogP contribution >= 0.6 is 0 Å². The summed E-state index contributed by atoms with van der Waals surface area (Å²) in [5.74, 6) is 0.790. The lowest BCUT2D eigenvalue weighted by atomic mass is 9.89. The van der Waals surface area contributed by atoms with Crippen molar-refractivity contribution < 1.29 is 9.53 Å². The Hall–Kier alpha value is -3.08. The minimum absolute atomic E-state index is 0.0677. The molecule has 1 atom stereocenters. The highest BCUT2D eigenvalue weighted by atomic mass is 16.5. The Labute approximate surface area is 178 Å². The molecule has 3 aromatic rings. The first-order valence-electron chi connectivity index (χ1n) is 10.4. The van der Waals surface area contributed by atoms with Crippen LogP contribution in [0.1, 0.15) is 64.7 Å². The summed E-state index contributed by atoms with van der Waals surface area (Å²) in [6, 6.07) is 15.9. The number of amides is 1. The van der Waals surface area contributed by atoms with Gasteiger partial charge in [0.2, 0.25) is 0 Å². The van der Waals surface area contributed by atoms with E-state index in [1.807, 2.05) is 48.9 Å². The molecule has 1 aliphatic heterocycles. The van der Waals surface area contributed by atoms with Gasteiger partial charge in [-0.15, -0.1) is 0 Å². The minimum Gasteiger partial charge on any atom is -0.487 e. The number of fused-ring (bicyclic) bond motifs is 1.